The number of ether oxygens (including phenoxy) is 2. The summed E-state index contributed by atoms with van der Waals surface area (Å²) in [5.74, 6) is 1.53. The highest BCUT2D eigenvalue weighted by molar-refractivity contribution is 7.07. The Morgan fingerprint density at radius 1 is 0.935 bits per heavy atom. The number of halogens is 1. The summed E-state index contributed by atoms with van der Waals surface area (Å²) in [5, 5.41) is 2.72. The van der Waals surface area contributed by atoms with Crippen molar-refractivity contribution in [3.05, 3.63) is 93.6 Å². The highest BCUT2D eigenvalue weighted by Gasteiger charge is 2.11. The first-order valence-electron chi connectivity index (χ1n) is 9.93. The molecule has 0 radical (unpaired) electrons. The summed E-state index contributed by atoms with van der Waals surface area (Å²) in [6.07, 6.45) is 0.875. The van der Waals surface area contributed by atoms with Crippen LogP contribution in [-0.4, -0.2) is 18.8 Å². The quantitative estimate of drug-likeness (QED) is 0.328. The van der Waals surface area contributed by atoms with Gasteiger partial charge in [-0.2, -0.15) is 0 Å². The lowest BCUT2D eigenvalue weighted by molar-refractivity contribution is 0.414. The molecule has 0 spiro atoms. The molecule has 3 aromatic carbocycles. The van der Waals surface area contributed by atoms with E-state index in [1.165, 1.54) is 5.56 Å². The van der Waals surface area contributed by atoms with Gasteiger partial charge in [-0.15, -0.1) is 11.3 Å². The van der Waals surface area contributed by atoms with Gasteiger partial charge in [0, 0.05) is 17.5 Å². The van der Waals surface area contributed by atoms with Gasteiger partial charge in [0.1, 0.15) is 11.5 Å². The molecule has 0 N–H and O–H groups in total. The van der Waals surface area contributed by atoms with E-state index in [1.807, 2.05) is 60.7 Å². The third-order valence-electron chi connectivity index (χ3n) is 5.01. The molecule has 4 aromatic rings. The first-order chi connectivity index (χ1) is 15.2. The molecule has 0 amide bonds. The molecule has 31 heavy (non-hydrogen) atoms. The Balaban J connectivity index is 1.72. The van der Waals surface area contributed by atoms with Gasteiger partial charge in [-0.3, -0.25) is 0 Å². The van der Waals surface area contributed by atoms with Crippen LogP contribution < -0.4 is 14.3 Å². The number of aryl methyl sites for hydroxylation is 1. The largest absolute Gasteiger partial charge is 0.497 e. The van der Waals surface area contributed by atoms with Crippen LogP contribution in [0.25, 0.3) is 11.3 Å². The fourth-order valence-electron chi connectivity index (χ4n) is 3.34. The first kappa shape index (κ1) is 21.2. The predicted molar refractivity (Wildman–Crippen MR) is 128 cm³/mol. The van der Waals surface area contributed by atoms with Crippen molar-refractivity contribution < 1.29 is 9.47 Å². The Labute approximate surface area is 191 Å². The number of benzene rings is 3. The maximum Gasteiger partial charge on any atom is 0.190 e. The normalized spacial score (nSPS) is 11.5. The summed E-state index contributed by atoms with van der Waals surface area (Å²) in [6, 6.07) is 24.1. The van der Waals surface area contributed by atoms with Crippen molar-refractivity contribution in [1.29, 1.82) is 0 Å². The van der Waals surface area contributed by atoms with Crippen LogP contribution in [0.4, 0.5) is 5.69 Å². The second-order valence-electron chi connectivity index (χ2n) is 6.95. The lowest BCUT2D eigenvalue weighted by atomic mass is 10.1. The van der Waals surface area contributed by atoms with E-state index in [0.717, 1.165) is 40.5 Å². The number of aromatic nitrogens is 1. The van der Waals surface area contributed by atoms with E-state index in [2.05, 4.69) is 22.1 Å². The Morgan fingerprint density at radius 3 is 2.39 bits per heavy atom. The fourth-order valence-corrected chi connectivity index (χ4v) is 4.55. The Hall–Kier alpha value is -3.02. The predicted octanol–water partition coefficient (Wildman–Crippen LogP) is 6.36. The number of nitrogens with zero attached hydrogens (tertiary/aromatic N) is 2. The third kappa shape index (κ3) is 5.01. The zero-order chi connectivity index (χ0) is 21.6. The van der Waals surface area contributed by atoms with Crippen LogP contribution in [0, 0.1) is 0 Å². The minimum absolute atomic E-state index is 0.592. The van der Waals surface area contributed by atoms with Crippen molar-refractivity contribution in [2.24, 2.45) is 4.99 Å². The minimum atomic E-state index is 0.592. The van der Waals surface area contributed by atoms with Gasteiger partial charge in [0.2, 0.25) is 0 Å². The van der Waals surface area contributed by atoms with Crippen LogP contribution in [0.2, 0.25) is 5.02 Å². The van der Waals surface area contributed by atoms with E-state index in [4.69, 9.17) is 26.1 Å². The number of para-hydroxylation sites is 1. The second-order valence-corrected chi connectivity index (χ2v) is 8.19. The maximum absolute atomic E-state index is 6.40. The molecular weight excluding hydrogens is 428 g/mol. The molecule has 0 aliphatic carbocycles. The number of hydrogen-bond donors (Lipinski definition) is 0. The Morgan fingerprint density at radius 2 is 1.71 bits per heavy atom. The lowest BCUT2D eigenvalue weighted by Gasteiger charge is -2.11. The van der Waals surface area contributed by atoms with Crippen molar-refractivity contribution >= 4 is 28.6 Å². The zero-order valence-corrected chi connectivity index (χ0v) is 19.0. The van der Waals surface area contributed by atoms with Crippen molar-refractivity contribution in [2.75, 3.05) is 14.2 Å². The molecule has 0 unspecified atom stereocenters. The SMILES string of the molecule is COc1ccc(CCn2c(-c3ccc(OC)c(Cl)c3)csc2=Nc2ccccc2)cc1. The summed E-state index contributed by atoms with van der Waals surface area (Å²) in [6.45, 7) is 0.792. The standard InChI is InChI=1S/C25H23ClN2O2S/c1-29-21-11-8-18(9-12-21)14-15-28-23(19-10-13-24(30-2)22(26)16-19)17-31-25(28)27-20-6-4-3-5-7-20/h3-13,16-17H,14-15H2,1-2H3. The molecular formula is C25H23ClN2O2S. The van der Waals surface area contributed by atoms with Crippen molar-refractivity contribution in [2.45, 2.75) is 13.0 Å². The summed E-state index contributed by atoms with van der Waals surface area (Å²) in [4.78, 5) is 5.83. The van der Waals surface area contributed by atoms with Crippen LogP contribution in [0.3, 0.4) is 0 Å². The third-order valence-corrected chi connectivity index (χ3v) is 6.17. The molecule has 1 aromatic heterocycles. The monoisotopic (exact) mass is 450 g/mol. The molecule has 0 saturated carbocycles. The van der Waals surface area contributed by atoms with Crippen molar-refractivity contribution in [1.82, 2.24) is 4.57 Å². The van der Waals surface area contributed by atoms with E-state index in [0.29, 0.717) is 10.8 Å². The molecule has 0 aliphatic rings. The molecule has 4 nitrogen and oxygen atoms in total. The topological polar surface area (TPSA) is 35.8 Å². The molecule has 4 rings (SSSR count). The van der Waals surface area contributed by atoms with Crippen LogP contribution in [-0.2, 0) is 13.0 Å². The van der Waals surface area contributed by atoms with Gasteiger partial charge in [0.15, 0.2) is 4.80 Å². The molecule has 158 valence electrons. The van der Waals surface area contributed by atoms with E-state index in [9.17, 15) is 0 Å². The summed E-state index contributed by atoms with van der Waals surface area (Å²) in [7, 11) is 3.30. The summed E-state index contributed by atoms with van der Waals surface area (Å²) in [5.41, 5.74) is 4.29. The molecule has 1 heterocycles. The molecule has 0 saturated heterocycles. The Bertz CT molecular complexity index is 1210. The van der Waals surface area contributed by atoms with E-state index in [-0.39, 0.29) is 0 Å². The smallest absolute Gasteiger partial charge is 0.190 e. The molecule has 0 fully saturated rings. The zero-order valence-electron chi connectivity index (χ0n) is 17.4. The minimum Gasteiger partial charge on any atom is -0.497 e. The van der Waals surface area contributed by atoms with Gasteiger partial charge >= 0.3 is 0 Å². The lowest BCUT2D eigenvalue weighted by Crippen LogP contribution is -2.17. The number of rotatable bonds is 7. The second kappa shape index (κ2) is 9.86. The van der Waals surface area contributed by atoms with Gasteiger partial charge in [0.05, 0.1) is 30.6 Å². The molecule has 0 aliphatic heterocycles. The van der Waals surface area contributed by atoms with Gasteiger partial charge < -0.3 is 14.0 Å². The average molecular weight is 451 g/mol. The average Bonchev–Trinajstić information content (AvgIpc) is 3.21. The van der Waals surface area contributed by atoms with Crippen LogP contribution in [0.15, 0.2) is 83.2 Å². The van der Waals surface area contributed by atoms with Crippen LogP contribution >= 0.6 is 22.9 Å². The van der Waals surface area contributed by atoms with Gasteiger partial charge in [-0.1, -0.05) is 41.9 Å². The molecule has 6 heteroatoms. The Kier molecular flexibility index (Phi) is 6.75. The molecule has 0 atom stereocenters. The maximum atomic E-state index is 6.40. The van der Waals surface area contributed by atoms with Crippen LogP contribution in [0.1, 0.15) is 5.56 Å². The fraction of sp³-hybridized carbons (Fsp3) is 0.160. The van der Waals surface area contributed by atoms with E-state index < -0.39 is 0 Å². The summed E-state index contributed by atoms with van der Waals surface area (Å²) >= 11 is 8.03. The highest BCUT2D eigenvalue weighted by atomic mass is 35.5. The van der Waals surface area contributed by atoms with Gasteiger partial charge in [-0.05, 0) is 54.4 Å². The number of thiazole rings is 1. The molecule has 0 bridgehead atoms. The van der Waals surface area contributed by atoms with Gasteiger partial charge in [0.25, 0.3) is 0 Å². The van der Waals surface area contributed by atoms with E-state index >= 15 is 0 Å². The number of hydrogen-bond acceptors (Lipinski definition) is 4. The van der Waals surface area contributed by atoms with E-state index in [1.54, 1.807) is 25.6 Å². The van der Waals surface area contributed by atoms with Crippen LogP contribution in [0.5, 0.6) is 11.5 Å². The number of methoxy groups -OCH3 is 2. The van der Waals surface area contributed by atoms with Crippen molar-refractivity contribution in [3.63, 3.8) is 0 Å². The van der Waals surface area contributed by atoms with Crippen molar-refractivity contribution in [3.8, 4) is 22.8 Å². The first-order valence-corrected chi connectivity index (χ1v) is 11.2. The summed E-state index contributed by atoms with van der Waals surface area (Å²) < 4.78 is 12.8. The highest BCUT2D eigenvalue weighted by Crippen LogP contribution is 2.30. The van der Waals surface area contributed by atoms with Gasteiger partial charge in [-0.25, -0.2) is 4.99 Å².